The number of likely N-dealkylation sites (N-methyl/N-ethyl adjacent to an activating group) is 1. The molecule has 0 atom stereocenters. The maximum Gasteiger partial charge on any atom is 0.270 e. The molecule has 2 heterocycles. The van der Waals surface area contributed by atoms with Gasteiger partial charge in [-0.05, 0) is 76.7 Å². The van der Waals surface area contributed by atoms with Gasteiger partial charge in [0.2, 0.25) is 0 Å². The summed E-state index contributed by atoms with van der Waals surface area (Å²) in [4.78, 5) is 29.2. The average Bonchev–Trinajstić information content (AvgIpc) is 2.99. The van der Waals surface area contributed by atoms with Crippen LogP contribution in [0.25, 0.3) is 6.08 Å². The molecule has 2 N–H and O–H groups in total. The van der Waals surface area contributed by atoms with Crippen LogP contribution in [-0.2, 0) is 9.59 Å². The van der Waals surface area contributed by atoms with Crippen LogP contribution in [0.1, 0.15) is 55.6 Å². The smallest absolute Gasteiger partial charge is 0.270 e. The molecule has 0 unspecified atom stereocenters. The summed E-state index contributed by atoms with van der Waals surface area (Å²) < 4.78 is 2.16. The molecule has 1 aliphatic heterocycles. The number of nitrogens with zero attached hydrogens (tertiary/aromatic N) is 3. The summed E-state index contributed by atoms with van der Waals surface area (Å²) in [5.41, 5.74) is 3.61. The Balaban J connectivity index is 2.10. The zero-order chi connectivity index (χ0) is 23.0. The fraction of sp³-hybridized carbons (Fsp3) is 0.348. The normalized spacial score (nSPS) is 16.4. The lowest BCUT2D eigenvalue weighted by atomic mass is 10.1. The van der Waals surface area contributed by atoms with Crippen molar-refractivity contribution in [1.29, 1.82) is 0 Å². The van der Waals surface area contributed by atoms with E-state index in [0.29, 0.717) is 17.8 Å². The SMILES string of the molecule is CCN1C(=O)/C(=C\c2cc(C)n(C(C)C)c2C)C(=O)N(c2ccc(C(O)O)cc2)C1=S. The van der Waals surface area contributed by atoms with Crippen LogP contribution >= 0.6 is 12.2 Å². The molecule has 8 heteroatoms. The number of amides is 2. The van der Waals surface area contributed by atoms with Crippen molar-refractivity contribution in [2.45, 2.75) is 47.0 Å². The first kappa shape index (κ1) is 22.9. The predicted octanol–water partition coefficient (Wildman–Crippen LogP) is 3.23. The zero-order valence-electron chi connectivity index (χ0n) is 18.3. The molecule has 0 saturated carbocycles. The molecule has 0 bridgehead atoms. The van der Waals surface area contributed by atoms with Gasteiger partial charge in [-0.2, -0.15) is 0 Å². The number of aliphatic hydroxyl groups is 2. The second kappa shape index (κ2) is 8.74. The number of benzene rings is 1. The molecule has 3 rings (SSSR count). The fourth-order valence-corrected chi connectivity index (χ4v) is 4.38. The van der Waals surface area contributed by atoms with Gasteiger partial charge in [-0.15, -0.1) is 0 Å². The first-order valence-electron chi connectivity index (χ1n) is 10.1. The van der Waals surface area contributed by atoms with Crippen LogP contribution in [0.5, 0.6) is 0 Å². The van der Waals surface area contributed by atoms with Gasteiger partial charge in [0.25, 0.3) is 11.8 Å². The molecule has 1 aromatic heterocycles. The number of carbonyl (C=O) groups excluding carboxylic acids is 2. The molecular formula is C23H27N3O4S. The Hall–Kier alpha value is -2.81. The van der Waals surface area contributed by atoms with Crippen LogP contribution in [0, 0.1) is 13.8 Å². The van der Waals surface area contributed by atoms with Crippen molar-refractivity contribution in [2.75, 3.05) is 11.4 Å². The minimum atomic E-state index is -1.61. The van der Waals surface area contributed by atoms with Crippen LogP contribution < -0.4 is 4.90 Å². The molecule has 1 aliphatic rings. The summed E-state index contributed by atoms with van der Waals surface area (Å²) in [6, 6.07) is 8.37. The maximum atomic E-state index is 13.4. The topological polar surface area (TPSA) is 86.0 Å². The number of rotatable bonds is 5. The number of hydrogen-bond donors (Lipinski definition) is 2. The number of aryl methyl sites for hydroxylation is 1. The molecule has 31 heavy (non-hydrogen) atoms. The fourth-order valence-electron chi connectivity index (χ4n) is 3.98. The van der Waals surface area contributed by atoms with Crippen molar-refractivity contribution in [1.82, 2.24) is 9.47 Å². The van der Waals surface area contributed by atoms with Crippen LogP contribution in [-0.4, -0.2) is 43.2 Å². The lowest BCUT2D eigenvalue weighted by Crippen LogP contribution is -2.56. The van der Waals surface area contributed by atoms with Crippen molar-refractivity contribution in [3.63, 3.8) is 0 Å². The summed E-state index contributed by atoms with van der Waals surface area (Å²) in [5.74, 6) is -0.933. The molecule has 0 aliphatic carbocycles. The van der Waals surface area contributed by atoms with E-state index in [0.717, 1.165) is 17.0 Å². The molecule has 0 spiro atoms. The third-order valence-electron chi connectivity index (χ3n) is 5.44. The van der Waals surface area contributed by atoms with E-state index in [1.165, 1.54) is 21.9 Å². The molecule has 2 aromatic rings. The molecule has 1 fully saturated rings. The zero-order valence-corrected chi connectivity index (χ0v) is 19.1. The predicted molar refractivity (Wildman–Crippen MR) is 123 cm³/mol. The number of carbonyl (C=O) groups is 2. The minimum absolute atomic E-state index is 0.0331. The summed E-state index contributed by atoms with van der Waals surface area (Å²) in [6.45, 7) is 10.2. The summed E-state index contributed by atoms with van der Waals surface area (Å²) in [7, 11) is 0. The summed E-state index contributed by atoms with van der Waals surface area (Å²) in [5, 5.41) is 18.7. The Morgan fingerprint density at radius 2 is 1.68 bits per heavy atom. The number of aliphatic hydroxyl groups excluding tert-OH is 1. The monoisotopic (exact) mass is 441 g/mol. The van der Waals surface area contributed by atoms with Gasteiger partial charge in [0, 0.05) is 29.5 Å². The molecule has 1 aromatic carbocycles. The highest BCUT2D eigenvalue weighted by molar-refractivity contribution is 7.80. The van der Waals surface area contributed by atoms with Gasteiger partial charge in [-0.1, -0.05) is 12.1 Å². The average molecular weight is 442 g/mol. The van der Waals surface area contributed by atoms with Gasteiger partial charge in [0.15, 0.2) is 11.4 Å². The van der Waals surface area contributed by atoms with E-state index in [1.54, 1.807) is 25.1 Å². The molecule has 2 amide bonds. The summed E-state index contributed by atoms with van der Waals surface area (Å²) in [6.07, 6.45) is 0.0215. The van der Waals surface area contributed by atoms with Crippen LogP contribution in [0.15, 0.2) is 35.9 Å². The van der Waals surface area contributed by atoms with Crippen molar-refractivity contribution < 1.29 is 19.8 Å². The second-order valence-electron chi connectivity index (χ2n) is 7.79. The maximum absolute atomic E-state index is 13.4. The van der Waals surface area contributed by atoms with Gasteiger partial charge in [-0.3, -0.25) is 19.4 Å². The van der Waals surface area contributed by atoms with E-state index in [4.69, 9.17) is 12.2 Å². The number of hydrogen-bond acceptors (Lipinski definition) is 5. The molecular weight excluding hydrogens is 414 g/mol. The van der Waals surface area contributed by atoms with Crippen molar-refractivity contribution in [3.8, 4) is 0 Å². The first-order valence-corrected chi connectivity index (χ1v) is 10.6. The van der Waals surface area contributed by atoms with Crippen molar-refractivity contribution in [3.05, 3.63) is 58.4 Å². The largest absolute Gasteiger partial charge is 0.364 e. The van der Waals surface area contributed by atoms with E-state index < -0.39 is 18.1 Å². The minimum Gasteiger partial charge on any atom is -0.364 e. The van der Waals surface area contributed by atoms with Crippen LogP contribution in [0.3, 0.4) is 0 Å². The molecule has 0 radical (unpaired) electrons. The third-order valence-corrected chi connectivity index (χ3v) is 5.84. The van der Waals surface area contributed by atoms with Crippen molar-refractivity contribution in [2.24, 2.45) is 0 Å². The van der Waals surface area contributed by atoms with E-state index in [1.807, 2.05) is 19.9 Å². The van der Waals surface area contributed by atoms with E-state index in [9.17, 15) is 19.8 Å². The first-order chi connectivity index (χ1) is 14.6. The number of thiocarbonyl (C=S) groups is 1. The lowest BCUT2D eigenvalue weighted by Gasteiger charge is -2.36. The van der Waals surface area contributed by atoms with Gasteiger partial charge in [0.1, 0.15) is 5.57 Å². The summed E-state index contributed by atoms with van der Waals surface area (Å²) >= 11 is 5.45. The van der Waals surface area contributed by atoms with Gasteiger partial charge < -0.3 is 14.8 Å². The Morgan fingerprint density at radius 1 is 1.06 bits per heavy atom. The molecule has 1 saturated heterocycles. The second-order valence-corrected chi connectivity index (χ2v) is 8.15. The highest BCUT2D eigenvalue weighted by Crippen LogP contribution is 2.29. The molecule has 7 nitrogen and oxygen atoms in total. The Morgan fingerprint density at radius 3 is 2.16 bits per heavy atom. The Bertz CT molecular complexity index is 1070. The van der Waals surface area contributed by atoms with Crippen LogP contribution in [0.2, 0.25) is 0 Å². The quantitative estimate of drug-likeness (QED) is 0.322. The third kappa shape index (κ3) is 4.06. The van der Waals surface area contributed by atoms with Crippen LogP contribution in [0.4, 0.5) is 5.69 Å². The van der Waals surface area contributed by atoms with Gasteiger partial charge in [-0.25, -0.2) is 0 Å². The van der Waals surface area contributed by atoms with Gasteiger partial charge in [0.05, 0.1) is 5.69 Å². The highest BCUT2D eigenvalue weighted by Gasteiger charge is 2.39. The van der Waals surface area contributed by atoms with E-state index in [-0.39, 0.29) is 16.7 Å². The lowest BCUT2D eigenvalue weighted by molar-refractivity contribution is -0.127. The van der Waals surface area contributed by atoms with E-state index in [2.05, 4.69) is 18.4 Å². The Labute approximate surface area is 187 Å². The number of anilines is 1. The van der Waals surface area contributed by atoms with Crippen molar-refractivity contribution >= 4 is 40.9 Å². The van der Waals surface area contributed by atoms with E-state index >= 15 is 0 Å². The molecule has 164 valence electrons. The standard InChI is InChI=1S/C23H27N3O4S/c1-6-24-20(27)19(12-17-11-14(4)25(13(2)3)15(17)5)21(28)26(23(24)31)18-9-7-16(8-10-18)22(29)30/h7-13,22,29-30H,6H2,1-5H3/b19-12+. The van der Waals surface area contributed by atoms with Gasteiger partial charge >= 0.3 is 0 Å². The number of aromatic nitrogens is 1. The highest BCUT2D eigenvalue weighted by atomic mass is 32.1. The Kier molecular flexibility index (Phi) is 6.45.